The van der Waals surface area contributed by atoms with Gasteiger partial charge in [-0.2, -0.15) is 10.1 Å². The van der Waals surface area contributed by atoms with Crippen LogP contribution in [-0.2, 0) is 0 Å². The van der Waals surface area contributed by atoms with E-state index in [1.165, 1.54) is 6.20 Å². The zero-order valence-electron chi connectivity index (χ0n) is 14.2. The minimum atomic E-state index is 0.406. The summed E-state index contributed by atoms with van der Waals surface area (Å²) in [6, 6.07) is 11.4. The van der Waals surface area contributed by atoms with E-state index in [9.17, 15) is 0 Å². The molecule has 2 N–H and O–H groups in total. The predicted octanol–water partition coefficient (Wildman–Crippen LogP) is 4.64. The van der Waals surface area contributed by atoms with Crippen LogP contribution in [0, 0.1) is 13.8 Å². The van der Waals surface area contributed by atoms with Gasteiger partial charge in [-0.15, -0.1) is 5.10 Å². The van der Waals surface area contributed by atoms with Crippen LogP contribution in [0.25, 0.3) is 0 Å². The third-order valence-electron chi connectivity index (χ3n) is 3.70. The number of nitrogens with zero attached hydrogens (tertiary/aromatic N) is 3. The van der Waals surface area contributed by atoms with Crippen LogP contribution < -0.4 is 15.4 Å². The number of hydrogen-bond acceptors (Lipinski definition) is 6. The van der Waals surface area contributed by atoms with E-state index in [4.69, 9.17) is 16.3 Å². The molecule has 0 atom stereocenters. The van der Waals surface area contributed by atoms with Crippen molar-refractivity contribution in [3.63, 3.8) is 0 Å². The van der Waals surface area contributed by atoms with E-state index in [2.05, 4.69) is 25.8 Å². The standard InChI is InChI=1S/C18H18ClN5O/c1-11-5-4-6-12(2)17(11)23-18-22-16(10-20-24-18)21-14-9-13(19)7-8-15(14)25-3/h4-10H,1-3H3,(H2,21,22,23,24). The molecule has 0 bridgehead atoms. The first kappa shape index (κ1) is 17.0. The summed E-state index contributed by atoms with van der Waals surface area (Å²) in [6.45, 7) is 4.06. The molecule has 0 radical (unpaired) electrons. The van der Waals surface area contributed by atoms with Crippen LogP contribution >= 0.6 is 11.6 Å². The zero-order chi connectivity index (χ0) is 17.8. The Kier molecular flexibility index (Phi) is 5.00. The van der Waals surface area contributed by atoms with Gasteiger partial charge in [-0.3, -0.25) is 0 Å². The Morgan fingerprint density at radius 1 is 1.04 bits per heavy atom. The van der Waals surface area contributed by atoms with Crippen molar-refractivity contribution in [2.75, 3.05) is 17.7 Å². The maximum absolute atomic E-state index is 6.06. The summed E-state index contributed by atoms with van der Waals surface area (Å²) in [7, 11) is 1.60. The van der Waals surface area contributed by atoms with Crippen molar-refractivity contribution in [1.82, 2.24) is 15.2 Å². The second-order valence-electron chi connectivity index (χ2n) is 5.53. The maximum Gasteiger partial charge on any atom is 0.249 e. The lowest BCUT2D eigenvalue weighted by Crippen LogP contribution is -2.04. The van der Waals surface area contributed by atoms with Gasteiger partial charge in [-0.05, 0) is 43.2 Å². The van der Waals surface area contributed by atoms with Crippen molar-refractivity contribution in [2.45, 2.75) is 13.8 Å². The van der Waals surface area contributed by atoms with E-state index in [-0.39, 0.29) is 0 Å². The summed E-state index contributed by atoms with van der Waals surface area (Å²) in [4.78, 5) is 4.46. The summed E-state index contributed by atoms with van der Waals surface area (Å²) in [6.07, 6.45) is 1.54. The van der Waals surface area contributed by atoms with Crippen molar-refractivity contribution in [2.24, 2.45) is 0 Å². The van der Waals surface area contributed by atoms with Crippen molar-refractivity contribution < 1.29 is 4.74 Å². The lowest BCUT2D eigenvalue weighted by Gasteiger charge is -2.13. The molecule has 3 aromatic rings. The van der Waals surface area contributed by atoms with Gasteiger partial charge in [-0.25, -0.2) is 0 Å². The lowest BCUT2D eigenvalue weighted by molar-refractivity contribution is 0.417. The van der Waals surface area contributed by atoms with Crippen molar-refractivity contribution in [3.8, 4) is 5.75 Å². The number of nitrogens with one attached hydrogen (secondary N) is 2. The topological polar surface area (TPSA) is 72.0 Å². The summed E-state index contributed by atoms with van der Waals surface area (Å²) in [5, 5.41) is 15.0. The number of para-hydroxylation sites is 1. The van der Waals surface area contributed by atoms with Crippen LogP contribution in [0.2, 0.25) is 5.02 Å². The number of hydrogen-bond donors (Lipinski definition) is 2. The predicted molar refractivity (Wildman–Crippen MR) is 100 cm³/mol. The van der Waals surface area contributed by atoms with Gasteiger partial charge in [0.15, 0.2) is 5.82 Å². The van der Waals surface area contributed by atoms with Gasteiger partial charge in [-0.1, -0.05) is 29.8 Å². The molecule has 0 aliphatic rings. The minimum Gasteiger partial charge on any atom is -0.495 e. The van der Waals surface area contributed by atoms with E-state index < -0.39 is 0 Å². The van der Waals surface area contributed by atoms with E-state index in [1.54, 1.807) is 25.3 Å². The molecule has 0 saturated carbocycles. The number of aromatic nitrogens is 3. The highest BCUT2D eigenvalue weighted by Gasteiger charge is 2.08. The molecular weight excluding hydrogens is 338 g/mol. The molecule has 6 nitrogen and oxygen atoms in total. The molecule has 2 aromatic carbocycles. The lowest BCUT2D eigenvalue weighted by atomic mass is 10.1. The van der Waals surface area contributed by atoms with Gasteiger partial charge < -0.3 is 15.4 Å². The van der Waals surface area contributed by atoms with Crippen LogP contribution in [0.3, 0.4) is 0 Å². The van der Waals surface area contributed by atoms with Crippen molar-refractivity contribution >= 4 is 34.7 Å². The molecule has 1 heterocycles. The van der Waals surface area contributed by atoms with Gasteiger partial charge in [0.2, 0.25) is 5.95 Å². The second-order valence-corrected chi connectivity index (χ2v) is 5.96. The summed E-state index contributed by atoms with van der Waals surface area (Å²) in [5.74, 6) is 1.60. The summed E-state index contributed by atoms with van der Waals surface area (Å²) >= 11 is 6.06. The molecule has 128 valence electrons. The molecule has 0 unspecified atom stereocenters. The Morgan fingerprint density at radius 2 is 1.80 bits per heavy atom. The highest BCUT2D eigenvalue weighted by atomic mass is 35.5. The van der Waals surface area contributed by atoms with Gasteiger partial charge in [0.25, 0.3) is 0 Å². The SMILES string of the molecule is COc1ccc(Cl)cc1Nc1cnnc(Nc2c(C)cccc2C)n1. The normalized spacial score (nSPS) is 10.4. The Hall–Kier alpha value is -2.86. The zero-order valence-corrected chi connectivity index (χ0v) is 14.9. The Bertz CT molecular complexity index is 880. The Balaban J connectivity index is 1.86. The fraction of sp³-hybridized carbons (Fsp3) is 0.167. The van der Waals surface area contributed by atoms with Crippen LogP contribution in [-0.4, -0.2) is 22.3 Å². The maximum atomic E-state index is 6.06. The fourth-order valence-corrected chi connectivity index (χ4v) is 2.63. The number of ether oxygens (including phenoxy) is 1. The molecule has 1 aromatic heterocycles. The molecular formula is C18H18ClN5O. The molecule has 0 aliphatic heterocycles. The average molecular weight is 356 g/mol. The smallest absolute Gasteiger partial charge is 0.249 e. The van der Waals surface area contributed by atoms with E-state index in [0.717, 1.165) is 16.8 Å². The van der Waals surface area contributed by atoms with Crippen molar-refractivity contribution in [1.29, 1.82) is 0 Å². The minimum absolute atomic E-state index is 0.406. The quantitative estimate of drug-likeness (QED) is 0.694. The molecule has 0 aliphatic carbocycles. The third-order valence-corrected chi connectivity index (χ3v) is 3.94. The molecule has 0 spiro atoms. The number of anilines is 4. The Labute approximate surface area is 151 Å². The van der Waals surface area contributed by atoms with E-state index in [0.29, 0.717) is 28.2 Å². The van der Waals surface area contributed by atoms with Crippen LogP contribution in [0.1, 0.15) is 11.1 Å². The van der Waals surface area contributed by atoms with E-state index >= 15 is 0 Å². The molecule has 7 heteroatoms. The summed E-state index contributed by atoms with van der Waals surface area (Å²) < 4.78 is 5.33. The Morgan fingerprint density at radius 3 is 2.52 bits per heavy atom. The first-order valence-electron chi connectivity index (χ1n) is 7.70. The van der Waals surface area contributed by atoms with Gasteiger partial charge in [0, 0.05) is 10.7 Å². The summed E-state index contributed by atoms with van der Waals surface area (Å²) in [5.41, 5.74) is 3.90. The first-order chi connectivity index (χ1) is 12.1. The monoisotopic (exact) mass is 355 g/mol. The second kappa shape index (κ2) is 7.36. The number of aryl methyl sites for hydroxylation is 2. The molecule has 0 amide bonds. The van der Waals surface area contributed by atoms with Crippen LogP contribution in [0.4, 0.5) is 23.1 Å². The van der Waals surface area contributed by atoms with E-state index in [1.807, 2.05) is 32.0 Å². The number of halogens is 1. The van der Waals surface area contributed by atoms with Crippen LogP contribution in [0.5, 0.6) is 5.75 Å². The van der Waals surface area contributed by atoms with Gasteiger partial charge in [0.05, 0.1) is 19.0 Å². The molecule has 0 fully saturated rings. The molecule has 25 heavy (non-hydrogen) atoms. The first-order valence-corrected chi connectivity index (χ1v) is 8.08. The molecule has 3 rings (SSSR count). The van der Waals surface area contributed by atoms with Gasteiger partial charge >= 0.3 is 0 Å². The number of benzene rings is 2. The van der Waals surface area contributed by atoms with Gasteiger partial charge in [0.1, 0.15) is 5.75 Å². The highest BCUT2D eigenvalue weighted by Crippen LogP contribution is 2.30. The third kappa shape index (κ3) is 3.97. The highest BCUT2D eigenvalue weighted by molar-refractivity contribution is 6.31. The van der Waals surface area contributed by atoms with Crippen molar-refractivity contribution in [3.05, 3.63) is 58.7 Å². The fourth-order valence-electron chi connectivity index (χ4n) is 2.46. The largest absolute Gasteiger partial charge is 0.495 e. The molecule has 0 saturated heterocycles. The van der Waals surface area contributed by atoms with Crippen LogP contribution in [0.15, 0.2) is 42.6 Å². The number of rotatable bonds is 5. The number of methoxy groups -OCH3 is 1. The average Bonchev–Trinajstić information content (AvgIpc) is 2.59.